The fourth-order valence-electron chi connectivity index (χ4n) is 3.28. The Kier molecular flexibility index (Phi) is 6.50. The molecule has 0 saturated carbocycles. The van der Waals surface area contributed by atoms with E-state index in [1.807, 2.05) is 0 Å². The van der Waals surface area contributed by atoms with Gasteiger partial charge in [-0.05, 0) is 11.4 Å². The second kappa shape index (κ2) is 8.76. The lowest BCUT2D eigenvalue weighted by atomic mass is 9.97. The van der Waals surface area contributed by atoms with Crippen LogP contribution >= 0.6 is 23.1 Å². The van der Waals surface area contributed by atoms with Crippen molar-refractivity contribution in [3.8, 4) is 0 Å². The van der Waals surface area contributed by atoms with Gasteiger partial charge in [-0.25, -0.2) is 4.79 Å². The van der Waals surface area contributed by atoms with Gasteiger partial charge in [0.1, 0.15) is 17.7 Å². The Bertz CT molecular complexity index is 900. The number of methoxy groups -OCH3 is 2. The lowest BCUT2D eigenvalue weighted by Gasteiger charge is -2.55. The number of ether oxygens (including phenoxy) is 3. The van der Waals surface area contributed by atoms with Crippen molar-refractivity contribution in [2.75, 3.05) is 26.6 Å². The molecule has 3 atom stereocenters. The zero-order valence-electron chi connectivity index (χ0n) is 16.4. The Hall–Kier alpha value is -2.41. The summed E-state index contributed by atoms with van der Waals surface area (Å²) in [6.45, 7) is 0.969. The van der Waals surface area contributed by atoms with E-state index in [4.69, 9.17) is 14.2 Å². The normalized spacial score (nSPS) is 24.0. The summed E-state index contributed by atoms with van der Waals surface area (Å²) in [6, 6.07) is 3.50. The topological polar surface area (TPSA) is 131 Å². The van der Waals surface area contributed by atoms with Gasteiger partial charge in [-0.15, -0.1) is 23.1 Å². The lowest BCUT2D eigenvalue weighted by molar-refractivity contribution is -0.194. The van der Waals surface area contributed by atoms with E-state index >= 15 is 0 Å². The van der Waals surface area contributed by atoms with Gasteiger partial charge in [-0.3, -0.25) is 19.3 Å². The highest BCUT2D eigenvalue weighted by Crippen LogP contribution is 2.47. The van der Waals surface area contributed by atoms with Crippen LogP contribution in [0.25, 0.3) is 0 Å². The van der Waals surface area contributed by atoms with Crippen LogP contribution in [0.5, 0.6) is 0 Å². The number of carbonyl (C=O) groups excluding carboxylic acids is 3. The van der Waals surface area contributed by atoms with Crippen LogP contribution in [0.3, 0.4) is 0 Å². The number of aliphatic carboxylic acids is 1. The van der Waals surface area contributed by atoms with Crippen molar-refractivity contribution >= 4 is 46.9 Å². The van der Waals surface area contributed by atoms with Crippen LogP contribution < -0.4 is 5.32 Å². The maximum Gasteiger partial charge on any atom is 0.352 e. The number of thioether (sulfide) groups is 1. The molecule has 10 nitrogen and oxygen atoms in total. The molecule has 0 unspecified atom stereocenters. The Morgan fingerprint density at radius 1 is 1.40 bits per heavy atom. The smallest absolute Gasteiger partial charge is 0.352 e. The standard InChI is InChI=1S/C18H20N2O8S2/c1-9(21)28-7-10-8-30-17-18(27-3,16(25)20(17)12(10)15(23)24)19-14(22)13(26-2)11-5-4-6-29-11/h4-6,13,17H,7-8H2,1-3H3,(H,19,22)(H,23,24)/t13-,17+,18-/m0/s1. The van der Waals surface area contributed by atoms with Crippen LogP contribution in [-0.4, -0.2) is 71.4 Å². The molecule has 0 aliphatic carbocycles. The summed E-state index contributed by atoms with van der Waals surface area (Å²) in [5.74, 6) is -3.02. The Morgan fingerprint density at radius 2 is 2.13 bits per heavy atom. The number of thiophene rings is 1. The zero-order valence-corrected chi connectivity index (χ0v) is 18.0. The first kappa shape index (κ1) is 22.3. The van der Waals surface area contributed by atoms with Gasteiger partial charge in [0.2, 0.25) is 0 Å². The van der Waals surface area contributed by atoms with Gasteiger partial charge in [0, 0.05) is 37.3 Å². The number of hydrogen-bond acceptors (Lipinski definition) is 9. The molecular weight excluding hydrogens is 436 g/mol. The third-order valence-corrected chi connectivity index (χ3v) is 6.96. The minimum absolute atomic E-state index is 0.184. The van der Waals surface area contributed by atoms with Gasteiger partial charge >= 0.3 is 11.9 Å². The average molecular weight is 456 g/mol. The number of fused-ring (bicyclic) bond motifs is 1. The van der Waals surface area contributed by atoms with Crippen molar-refractivity contribution in [2.24, 2.45) is 0 Å². The summed E-state index contributed by atoms with van der Waals surface area (Å²) >= 11 is 2.53. The highest BCUT2D eigenvalue weighted by atomic mass is 32.2. The first-order valence-electron chi connectivity index (χ1n) is 8.74. The highest BCUT2D eigenvalue weighted by Gasteiger charge is 2.67. The summed E-state index contributed by atoms with van der Waals surface area (Å²) in [4.78, 5) is 50.5. The molecule has 0 radical (unpaired) electrons. The quantitative estimate of drug-likeness (QED) is 0.330. The van der Waals surface area contributed by atoms with E-state index in [1.54, 1.807) is 17.5 Å². The molecule has 2 aliphatic rings. The molecule has 2 amide bonds. The van der Waals surface area contributed by atoms with Crippen LogP contribution in [0.4, 0.5) is 0 Å². The number of amides is 2. The van der Waals surface area contributed by atoms with Crippen molar-refractivity contribution in [1.82, 2.24) is 10.2 Å². The molecule has 2 aliphatic heterocycles. The summed E-state index contributed by atoms with van der Waals surface area (Å²) < 4.78 is 15.6. The molecule has 0 aromatic carbocycles. The zero-order chi connectivity index (χ0) is 22.1. The number of nitrogens with one attached hydrogen (secondary N) is 1. The molecule has 1 aromatic rings. The number of esters is 1. The number of rotatable bonds is 8. The average Bonchev–Trinajstić information content (AvgIpc) is 3.24. The van der Waals surface area contributed by atoms with E-state index in [0.29, 0.717) is 4.88 Å². The predicted octanol–water partition coefficient (Wildman–Crippen LogP) is 0.711. The van der Waals surface area contributed by atoms with Gasteiger partial charge in [0.05, 0.1) is 0 Å². The van der Waals surface area contributed by atoms with Gasteiger partial charge in [0.15, 0.2) is 6.10 Å². The van der Waals surface area contributed by atoms with Gasteiger partial charge < -0.3 is 24.6 Å². The molecule has 2 N–H and O–H groups in total. The number of carboxylic acid groups (broad SMARTS) is 1. The number of hydrogen-bond donors (Lipinski definition) is 2. The molecular formula is C18H20N2O8S2. The molecule has 1 fully saturated rings. The van der Waals surface area contributed by atoms with E-state index in [2.05, 4.69) is 5.32 Å². The Labute approximate surface area is 180 Å². The third-order valence-electron chi connectivity index (χ3n) is 4.67. The molecule has 3 heterocycles. The summed E-state index contributed by atoms with van der Waals surface area (Å²) in [7, 11) is 2.64. The van der Waals surface area contributed by atoms with Crippen molar-refractivity contribution in [1.29, 1.82) is 0 Å². The minimum atomic E-state index is -1.73. The SMILES string of the molecule is CO[C@H](C(=O)N[C@]1(OC)C(=O)N2C(C(=O)O)=C(COC(C)=O)CS[C@@H]21)c1cccs1. The first-order chi connectivity index (χ1) is 14.3. The monoisotopic (exact) mass is 456 g/mol. The lowest BCUT2D eigenvalue weighted by Crippen LogP contribution is -2.81. The maximum atomic E-state index is 13.0. The third kappa shape index (κ3) is 3.71. The second-order valence-corrected chi connectivity index (χ2v) is 8.48. The van der Waals surface area contributed by atoms with Crippen LogP contribution in [0, 0.1) is 0 Å². The van der Waals surface area contributed by atoms with Gasteiger partial charge in [0.25, 0.3) is 17.5 Å². The van der Waals surface area contributed by atoms with Crippen LogP contribution in [0.1, 0.15) is 17.9 Å². The van der Waals surface area contributed by atoms with Crippen LogP contribution in [-0.2, 0) is 33.4 Å². The first-order valence-corrected chi connectivity index (χ1v) is 10.7. The fraction of sp³-hybridized carbons (Fsp3) is 0.444. The number of nitrogens with zero attached hydrogens (tertiary/aromatic N) is 1. The molecule has 3 rings (SSSR count). The van der Waals surface area contributed by atoms with E-state index in [0.717, 1.165) is 4.90 Å². The Balaban J connectivity index is 1.86. The number of carbonyl (C=O) groups is 4. The molecule has 30 heavy (non-hydrogen) atoms. The second-order valence-electron chi connectivity index (χ2n) is 6.44. The van der Waals surface area contributed by atoms with Gasteiger partial charge in [-0.2, -0.15) is 0 Å². The molecule has 1 aromatic heterocycles. The molecule has 0 spiro atoms. The minimum Gasteiger partial charge on any atom is -0.477 e. The predicted molar refractivity (Wildman–Crippen MR) is 106 cm³/mol. The van der Waals surface area contributed by atoms with E-state index in [1.165, 1.54) is 44.2 Å². The molecule has 1 saturated heterocycles. The van der Waals surface area contributed by atoms with Crippen molar-refractivity contribution in [3.05, 3.63) is 33.7 Å². The molecule has 162 valence electrons. The summed E-state index contributed by atoms with van der Waals surface area (Å²) in [5, 5.41) is 13.2. The van der Waals surface area contributed by atoms with Crippen molar-refractivity contribution in [3.63, 3.8) is 0 Å². The summed E-state index contributed by atoms with van der Waals surface area (Å²) in [6.07, 6.45) is -0.943. The summed E-state index contributed by atoms with van der Waals surface area (Å²) in [5.41, 5.74) is -1.71. The van der Waals surface area contributed by atoms with Crippen LogP contribution in [0.15, 0.2) is 28.8 Å². The Morgan fingerprint density at radius 3 is 2.67 bits per heavy atom. The van der Waals surface area contributed by atoms with Crippen molar-refractivity contribution < 1.29 is 38.5 Å². The largest absolute Gasteiger partial charge is 0.477 e. The number of β-lactam (4-membered cyclic amide) rings is 1. The van der Waals surface area contributed by atoms with E-state index in [9.17, 15) is 24.3 Å². The fourth-order valence-corrected chi connectivity index (χ4v) is 5.50. The molecule has 0 bridgehead atoms. The van der Waals surface area contributed by atoms with Crippen LogP contribution in [0.2, 0.25) is 0 Å². The highest BCUT2D eigenvalue weighted by molar-refractivity contribution is 8.00. The maximum absolute atomic E-state index is 13.0. The molecule has 12 heteroatoms. The number of carboxylic acids is 1. The van der Waals surface area contributed by atoms with Gasteiger partial charge in [-0.1, -0.05) is 6.07 Å². The van der Waals surface area contributed by atoms with E-state index < -0.39 is 41.0 Å². The van der Waals surface area contributed by atoms with Crippen molar-refractivity contribution in [2.45, 2.75) is 24.1 Å². The van der Waals surface area contributed by atoms with E-state index in [-0.39, 0.29) is 23.6 Å².